The Bertz CT molecular complexity index is 7180. The van der Waals surface area contributed by atoms with Gasteiger partial charge in [0.15, 0.2) is 26.9 Å². The lowest BCUT2D eigenvalue weighted by Crippen LogP contribution is -3.11. The van der Waals surface area contributed by atoms with Gasteiger partial charge in [-0.05, 0) is 129 Å². The molecule has 8 aromatic carbocycles. The third-order valence-electron chi connectivity index (χ3n) is 22.1. The van der Waals surface area contributed by atoms with Gasteiger partial charge in [0.1, 0.15) is 122 Å². The maximum absolute atomic E-state index is 14.7. The van der Waals surface area contributed by atoms with Crippen molar-refractivity contribution in [3.8, 4) is 67.9 Å². The molecule has 2 aliphatic heterocycles. The number of methoxy groups -OCH3 is 8. The zero-order chi connectivity index (χ0) is 106. The van der Waals surface area contributed by atoms with Gasteiger partial charge in [-0.25, -0.2) is 25.3 Å². The molecule has 47 heteroatoms. The number of rotatable bonds is 44. The minimum Gasteiger partial charge on any atom is -0.744 e. The highest BCUT2D eigenvalue weighted by Crippen LogP contribution is 2.48. The van der Waals surface area contributed by atoms with E-state index in [0.717, 1.165) is 40.6 Å². The van der Waals surface area contributed by atoms with E-state index in [4.69, 9.17) is 88.0 Å². The van der Waals surface area contributed by atoms with Crippen LogP contribution >= 0.6 is 0 Å². The third-order valence-corrected chi connectivity index (χ3v) is 25.9. The molecule has 4 aliphatic rings. The highest BCUT2D eigenvalue weighted by Gasteiger charge is 2.36. The molecule has 0 spiro atoms. The number of quaternary nitrogens is 1. The van der Waals surface area contributed by atoms with E-state index in [1.54, 1.807) is 77.7 Å². The zero-order valence-electron chi connectivity index (χ0n) is 80.1. The van der Waals surface area contributed by atoms with E-state index in [1.807, 2.05) is 0 Å². The smallest absolute Gasteiger partial charge is 0.325 e. The maximum atomic E-state index is 14.7. The molecule has 776 valence electrons. The van der Waals surface area contributed by atoms with E-state index in [-0.39, 0.29) is 167 Å². The minimum absolute atomic E-state index is 0. The van der Waals surface area contributed by atoms with E-state index in [2.05, 4.69) is 30.2 Å². The normalized spacial score (nSPS) is 11.1. The molecule has 0 unspecified atom stereocenters. The fourth-order valence-corrected chi connectivity index (χ4v) is 18.4. The van der Waals surface area contributed by atoms with E-state index >= 15 is 0 Å². The second-order valence-corrected chi connectivity index (χ2v) is 35.6. The first-order valence-corrected chi connectivity index (χ1v) is 48.2. The molecule has 9 N–H and O–H groups in total. The van der Waals surface area contributed by atoms with Crippen LogP contribution in [-0.4, -0.2) is 245 Å². The van der Waals surface area contributed by atoms with Crippen LogP contribution in [0.5, 0.6) is 23.0 Å². The molecule has 0 bridgehead atoms. The van der Waals surface area contributed by atoms with Crippen LogP contribution in [0.2, 0.25) is 0 Å². The number of anilines is 8. The van der Waals surface area contributed by atoms with E-state index in [0.29, 0.717) is 16.8 Å². The van der Waals surface area contributed by atoms with Crippen LogP contribution in [0.4, 0.5) is 45.5 Å². The summed E-state index contributed by atoms with van der Waals surface area (Å²) in [5.74, 6) is -9.54. The van der Waals surface area contributed by atoms with Gasteiger partial charge in [0, 0.05) is 68.0 Å². The number of aromatic carboxylic acids is 2. The Kier molecular flexibility index (Phi) is 39.6. The number of carboxylic acids is 2. The van der Waals surface area contributed by atoms with Gasteiger partial charge in [-0.1, -0.05) is 80.2 Å². The first kappa shape index (κ1) is 113. The van der Waals surface area contributed by atoms with Gasteiger partial charge in [0.05, 0.1) is 139 Å². The molecule has 2 aliphatic carbocycles. The summed E-state index contributed by atoms with van der Waals surface area (Å²) in [5, 5.41) is 41.4. The van der Waals surface area contributed by atoms with Crippen LogP contribution in [0.1, 0.15) is 48.9 Å². The average molecular weight is 2080 g/mol. The predicted molar refractivity (Wildman–Crippen MR) is 527 cm³/mol. The lowest BCUT2D eigenvalue weighted by molar-refractivity contribution is -0.894. The third kappa shape index (κ3) is 28.0. The van der Waals surface area contributed by atoms with Crippen molar-refractivity contribution in [1.29, 1.82) is 10.8 Å². The van der Waals surface area contributed by atoms with Crippen molar-refractivity contribution in [3.63, 3.8) is 0 Å². The van der Waals surface area contributed by atoms with Gasteiger partial charge in [-0.2, -0.15) is 0 Å². The molecule has 8 aromatic rings. The highest BCUT2D eigenvalue weighted by atomic mass is 32.2. The van der Waals surface area contributed by atoms with Crippen molar-refractivity contribution in [2.75, 3.05) is 196 Å². The van der Waals surface area contributed by atoms with Crippen molar-refractivity contribution >= 4 is 157 Å². The summed E-state index contributed by atoms with van der Waals surface area (Å²) in [5.41, 5.74) is 11.3. The van der Waals surface area contributed by atoms with Crippen molar-refractivity contribution in [2.45, 2.75) is 42.9 Å². The van der Waals surface area contributed by atoms with Gasteiger partial charge in [0.25, 0.3) is 20.0 Å². The number of esters is 8. The number of benzene rings is 10. The van der Waals surface area contributed by atoms with Crippen molar-refractivity contribution in [2.24, 2.45) is 0 Å². The second-order valence-electron chi connectivity index (χ2n) is 31.1. The quantitative estimate of drug-likeness (QED) is 0.00587. The number of para-hydroxylation sites is 4. The molecule has 2 heterocycles. The molecule has 0 amide bonds. The number of nitrogen functional groups attached to an aromatic ring is 2. The summed E-state index contributed by atoms with van der Waals surface area (Å²) in [4.78, 5) is 128. The largest absolute Gasteiger partial charge is 0.744 e. The molecular weight excluding hydrogens is 1970 g/mol. The molecule has 44 nitrogen and oxygen atoms in total. The van der Waals surface area contributed by atoms with Crippen molar-refractivity contribution in [1.82, 2.24) is 0 Å². The number of carbonyl (C=O) groups is 10. The molecule has 0 fully saturated rings. The molecule has 12 rings (SSSR count). The van der Waals surface area contributed by atoms with Crippen LogP contribution in [0.3, 0.4) is 0 Å². The van der Waals surface area contributed by atoms with Crippen LogP contribution < -0.4 is 85.3 Å². The maximum Gasteiger partial charge on any atom is 0.325 e. The van der Waals surface area contributed by atoms with Crippen LogP contribution in [0, 0.1) is 10.8 Å². The number of carbonyl (C=O) groups excluding carboxylic acids is 10. The molecule has 0 saturated carbocycles. The summed E-state index contributed by atoms with van der Waals surface area (Å²) in [6.07, 6.45) is 0. The first-order valence-electron chi connectivity index (χ1n) is 43.8. The van der Waals surface area contributed by atoms with Gasteiger partial charge in [0.2, 0.25) is 0 Å². The number of hydrogen-bond donors (Lipinski definition) is 7. The Morgan fingerprint density at radius 3 is 1.02 bits per heavy atom. The number of nitrogens with one attached hydrogen (secondary N) is 5. The highest BCUT2D eigenvalue weighted by molar-refractivity contribution is 7.93. The van der Waals surface area contributed by atoms with E-state index < -0.39 is 164 Å². The lowest BCUT2D eigenvalue weighted by Gasteiger charge is -2.26. The Balaban J connectivity index is 0.000000303. The Morgan fingerprint density at radius 1 is 0.370 bits per heavy atom. The van der Waals surface area contributed by atoms with E-state index in [9.17, 15) is 88.0 Å². The van der Waals surface area contributed by atoms with Crippen LogP contribution in [0.25, 0.3) is 66.8 Å². The number of sulfonamides is 2. The SMILES string of the molecule is C.CC[NH+](CC)CC.COC(=O)CN(CC(=O)OC)c1ccccc1OCCOc1cc(NS(=O)(=O)c2c3oc4c(S(=O)(=O)[O-])c(N)ccc4c(-c4ccccc4C(=O)[O-])c-3ccc2=N)ccc1N(CC(=O)OC)CC(=O)OC.COC(=O)CN(CC(=O)OC)c1ccccc1OCCOc1cc(NS(=O)(=O)c2c3oc4cc(N)ccc4c(-c4ccccc4C(=O)[O-])c-3ccc2=N)ccc1N(CC(=O)OC)CC(=O)OC. The summed E-state index contributed by atoms with van der Waals surface area (Å²) >= 11 is 0. The average Bonchev–Trinajstić information content (AvgIpc) is 0.710. The van der Waals surface area contributed by atoms with Crippen LogP contribution in [0.15, 0.2) is 212 Å². The Hall–Kier alpha value is -16.8. The second kappa shape index (κ2) is 51.2. The zero-order valence-corrected chi connectivity index (χ0v) is 82.6. The molecule has 0 atom stereocenters. The fraction of sp³-hybridized carbons (Fsp3) is 0.273. The molecular formula is C99H107N11O33S3-2. The standard InChI is InChI=1S/C46H45N5O18S2.C46H45N5O15S.C6H15N.CH4/c1-63-37(52)22-50(23-38(53)64-2)33-11-7-8-12-35(33)67-19-20-68-36-21-26(13-18-34(36)51(24-39(54)65-3)25-40(55)66-4)49-70(58,59)44-31(47)16-14-29-41(27-9-5-6-10-28(27)46(56)57)30-15-17-32(48)45(71(60,61)62)43(30)69-42(29)44;1-60-39(52)23-50(24-40(53)61-2)34-11-7-8-12-36(34)64-19-20-65-38-22-28(14-18-35(38)51(25-41(54)62-3)26-42(55)63-4)49-67(58,59)45-33(48)17-16-32-43(29-9-5-6-10-30(29)46(56)57)31-15-13-27(47)21-37(31)66-44(32)45;1-4-7(5-2)6-3;/h5-18,21,47,49H,19-20,22-25,48H2,1-4H3,(H,56,57)(H,60,61,62);5-18,21-22,48-49H,19-20,23-26,47H2,1-4H3,(H,56,57);4-6H2,1-3H3;1H4/p-2. The van der Waals surface area contributed by atoms with Crippen molar-refractivity contribution in [3.05, 3.63) is 210 Å². The Morgan fingerprint density at radius 2 is 0.685 bits per heavy atom. The number of fused-ring (bicyclic) bond motifs is 4. The molecule has 0 saturated heterocycles. The minimum atomic E-state index is -5.47. The summed E-state index contributed by atoms with van der Waals surface area (Å²) in [6.45, 7) is 6.18. The van der Waals surface area contributed by atoms with Crippen LogP contribution in [-0.2, 0) is 106 Å². The summed E-state index contributed by atoms with van der Waals surface area (Å²) in [6, 6.07) is 43.9. The van der Waals surface area contributed by atoms with Gasteiger partial charge < -0.3 is 126 Å². The van der Waals surface area contributed by atoms with Gasteiger partial charge in [-0.15, -0.1) is 0 Å². The predicted octanol–water partition coefficient (Wildman–Crippen LogP) is 5.86. The van der Waals surface area contributed by atoms with Crippen molar-refractivity contribution < 1.29 is 159 Å². The van der Waals surface area contributed by atoms with E-state index in [1.165, 1.54) is 171 Å². The lowest BCUT2D eigenvalue weighted by atomic mass is 9.90. The van der Waals surface area contributed by atoms with Gasteiger partial charge >= 0.3 is 47.8 Å². The topological polar surface area (TPSA) is 621 Å². The summed E-state index contributed by atoms with van der Waals surface area (Å²) < 4.78 is 176. The number of hydrogen-bond acceptors (Lipinski definition) is 41. The number of nitrogens with two attached hydrogens (primary N) is 2. The van der Waals surface area contributed by atoms with Gasteiger partial charge in [-0.3, -0.25) is 58.6 Å². The fourth-order valence-electron chi connectivity index (χ4n) is 15.1. The first-order chi connectivity index (χ1) is 69.1. The number of nitrogens with zero attached hydrogens (tertiary/aromatic N) is 4. The molecule has 0 radical (unpaired) electrons. The number of ether oxygens (including phenoxy) is 12. The number of carboxylic acid groups (broad SMARTS) is 2. The Labute approximate surface area is 838 Å². The molecule has 146 heavy (non-hydrogen) atoms. The molecule has 0 aromatic heterocycles. The monoisotopic (exact) mass is 2070 g/mol. The summed E-state index contributed by atoms with van der Waals surface area (Å²) in [7, 11) is -5.98.